The Hall–Kier alpha value is -3.41. The molecule has 0 aliphatic heterocycles. The molecule has 0 saturated heterocycles. The highest BCUT2D eigenvalue weighted by molar-refractivity contribution is 5.96. The topological polar surface area (TPSA) is 105 Å². The lowest BCUT2D eigenvalue weighted by molar-refractivity contribution is 0.0945. The van der Waals surface area contributed by atoms with Crippen molar-refractivity contribution in [1.82, 2.24) is 10.3 Å². The summed E-state index contributed by atoms with van der Waals surface area (Å²) in [6.07, 6.45) is 0. The zero-order chi connectivity index (χ0) is 17.1. The lowest BCUT2D eigenvalue weighted by atomic mass is 10.1. The van der Waals surface area contributed by atoms with Gasteiger partial charge in [0.2, 0.25) is 5.91 Å². The normalized spacial score (nSPS) is 10.5. The summed E-state index contributed by atoms with van der Waals surface area (Å²) in [5, 5.41) is 3.94. The summed E-state index contributed by atoms with van der Waals surface area (Å²) in [6, 6.07) is 15.4. The van der Waals surface area contributed by atoms with Gasteiger partial charge in [-0.2, -0.15) is 0 Å². The molecule has 0 fully saturated rings. The minimum atomic E-state index is -0.526. The summed E-state index contributed by atoms with van der Waals surface area (Å²) in [5.74, 6) is -0.927. The Morgan fingerprint density at radius 3 is 2.62 bits per heavy atom. The van der Waals surface area contributed by atoms with Crippen LogP contribution >= 0.6 is 0 Å². The number of rotatable bonds is 4. The number of carbonyl (C=O) groups excluding carboxylic acids is 2. The lowest BCUT2D eigenvalue weighted by Gasteiger charge is -2.07. The Kier molecular flexibility index (Phi) is 4.11. The van der Waals surface area contributed by atoms with Crippen LogP contribution in [0.2, 0.25) is 0 Å². The summed E-state index contributed by atoms with van der Waals surface area (Å²) in [6.45, 7) is 0.217. The van der Waals surface area contributed by atoms with Crippen LogP contribution in [0.5, 0.6) is 0 Å². The standard InChI is InChI=1S/C18H15N3O3/c19-16(22)13-6-3-4-11(8-13)10-20-18(24)15-9-12-5-1-2-7-14(12)17(23)21-15/h1-9H,10H2,(H2,19,22)(H,20,24)(H,21,23). The second-order valence-electron chi connectivity index (χ2n) is 5.35. The molecule has 0 aliphatic carbocycles. The van der Waals surface area contributed by atoms with Crippen molar-refractivity contribution in [3.05, 3.63) is 81.8 Å². The van der Waals surface area contributed by atoms with Crippen LogP contribution in [0.3, 0.4) is 0 Å². The van der Waals surface area contributed by atoms with Gasteiger partial charge in [-0.05, 0) is 35.2 Å². The minimum absolute atomic E-state index is 0.185. The van der Waals surface area contributed by atoms with Crippen molar-refractivity contribution in [2.75, 3.05) is 0 Å². The van der Waals surface area contributed by atoms with Gasteiger partial charge in [0.1, 0.15) is 5.69 Å². The molecule has 4 N–H and O–H groups in total. The first-order valence-corrected chi connectivity index (χ1v) is 7.33. The van der Waals surface area contributed by atoms with Gasteiger partial charge in [-0.15, -0.1) is 0 Å². The van der Waals surface area contributed by atoms with Gasteiger partial charge in [-0.1, -0.05) is 30.3 Å². The molecule has 3 aromatic rings. The predicted octanol–water partition coefficient (Wildman–Crippen LogP) is 1.56. The van der Waals surface area contributed by atoms with Crippen molar-refractivity contribution in [2.24, 2.45) is 5.73 Å². The molecule has 6 nitrogen and oxygen atoms in total. The fourth-order valence-electron chi connectivity index (χ4n) is 2.45. The highest BCUT2D eigenvalue weighted by Gasteiger charge is 2.09. The molecule has 6 heteroatoms. The molecule has 0 saturated carbocycles. The van der Waals surface area contributed by atoms with Gasteiger partial charge in [-0.25, -0.2) is 0 Å². The number of aromatic amines is 1. The minimum Gasteiger partial charge on any atom is -0.366 e. The van der Waals surface area contributed by atoms with Gasteiger partial charge in [0.05, 0.1) is 0 Å². The van der Waals surface area contributed by atoms with Crippen LogP contribution in [0.4, 0.5) is 0 Å². The molecule has 0 aliphatic rings. The van der Waals surface area contributed by atoms with Gasteiger partial charge in [0.25, 0.3) is 11.5 Å². The van der Waals surface area contributed by atoms with E-state index in [9.17, 15) is 14.4 Å². The third-order valence-electron chi connectivity index (χ3n) is 3.66. The van der Waals surface area contributed by atoms with Crippen LogP contribution in [-0.2, 0) is 6.54 Å². The maximum absolute atomic E-state index is 12.3. The van der Waals surface area contributed by atoms with Crippen LogP contribution in [0.1, 0.15) is 26.4 Å². The zero-order valence-corrected chi connectivity index (χ0v) is 12.7. The Balaban J connectivity index is 1.79. The van der Waals surface area contributed by atoms with E-state index in [1.165, 1.54) is 0 Å². The van der Waals surface area contributed by atoms with E-state index in [4.69, 9.17) is 5.73 Å². The number of benzene rings is 2. The van der Waals surface area contributed by atoms with Gasteiger partial charge < -0.3 is 16.0 Å². The predicted molar refractivity (Wildman–Crippen MR) is 90.7 cm³/mol. The summed E-state index contributed by atoms with van der Waals surface area (Å²) in [5.41, 5.74) is 6.22. The molecule has 3 rings (SSSR count). The highest BCUT2D eigenvalue weighted by Crippen LogP contribution is 2.10. The monoisotopic (exact) mass is 321 g/mol. The first-order chi connectivity index (χ1) is 11.5. The van der Waals surface area contributed by atoms with Gasteiger partial charge in [0.15, 0.2) is 0 Å². The molecule has 2 aromatic carbocycles. The second kappa shape index (κ2) is 6.37. The summed E-state index contributed by atoms with van der Waals surface area (Å²) in [4.78, 5) is 38.0. The van der Waals surface area contributed by atoms with Crippen LogP contribution in [0.15, 0.2) is 59.4 Å². The summed E-state index contributed by atoms with van der Waals surface area (Å²) in [7, 11) is 0. The molecule has 0 spiro atoms. The number of carbonyl (C=O) groups is 2. The molecule has 0 bridgehead atoms. The van der Waals surface area contributed by atoms with E-state index in [0.29, 0.717) is 16.3 Å². The number of primary amides is 1. The van der Waals surface area contributed by atoms with E-state index in [0.717, 1.165) is 5.56 Å². The number of nitrogens with one attached hydrogen (secondary N) is 2. The van der Waals surface area contributed by atoms with E-state index in [2.05, 4.69) is 10.3 Å². The molecular weight excluding hydrogens is 306 g/mol. The van der Waals surface area contributed by atoms with Gasteiger partial charge in [0, 0.05) is 17.5 Å². The smallest absolute Gasteiger partial charge is 0.268 e. The van der Waals surface area contributed by atoms with E-state index in [1.54, 1.807) is 54.6 Å². The first-order valence-electron chi connectivity index (χ1n) is 7.33. The van der Waals surface area contributed by atoms with Crippen LogP contribution in [0, 0.1) is 0 Å². The lowest BCUT2D eigenvalue weighted by Crippen LogP contribution is -2.26. The third-order valence-corrected chi connectivity index (χ3v) is 3.66. The third kappa shape index (κ3) is 3.17. The largest absolute Gasteiger partial charge is 0.366 e. The van der Waals surface area contributed by atoms with Crippen LogP contribution < -0.4 is 16.6 Å². The molecule has 24 heavy (non-hydrogen) atoms. The molecular formula is C18H15N3O3. The molecule has 0 radical (unpaired) electrons. The van der Waals surface area contributed by atoms with Gasteiger partial charge >= 0.3 is 0 Å². The van der Waals surface area contributed by atoms with Crippen molar-refractivity contribution in [2.45, 2.75) is 6.54 Å². The molecule has 120 valence electrons. The molecule has 2 amide bonds. The number of hydrogen-bond acceptors (Lipinski definition) is 3. The quantitative estimate of drug-likeness (QED) is 0.679. The zero-order valence-electron chi connectivity index (χ0n) is 12.7. The fraction of sp³-hybridized carbons (Fsp3) is 0.0556. The molecule has 1 aromatic heterocycles. The second-order valence-corrected chi connectivity index (χ2v) is 5.35. The Morgan fingerprint density at radius 2 is 1.83 bits per heavy atom. The number of nitrogens with two attached hydrogens (primary N) is 1. The van der Waals surface area contributed by atoms with Crippen LogP contribution in [0.25, 0.3) is 10.8 Å². The van der Waals surface area contributed by atoms with E-state index < -0.39 is 11.8 Å². The van der Waals surface area contributed by atoms with Crippen molar-refractivity contribution in [3.63, 3.8) is 0 Å². The van der Waals surface area contributed by atoms with E-state index in [1.807, 2.05) is 0 Å². The van der Waals surface area contributed by atoms with E-state index in [-0.39, 0.29) is 17.8 Å². The Morgan fingerprint density at radius 1 is 1.04 bits per heavy atom. The van der Waals surface area contributed by atoms with Crippen molar-refractivity contribution < 1.29 is 9.59 Å². The van der Waals surface area contributed by atoms with Crippen molar-refractivity contribution >= 4 is 22.6 Å². The van der Waals surface area contributed by atoms with Gasteiger partial charge in [-0.3, -0.25) is 14.4 Å². The van der Waals surface area contributed by atoms with Crippen molar-refractivity contribution in [1.29, 1.82) is 0 Å². The molecule has 1 heterocycles. The number of aromatic nitrogens is 1. The van der Waals surface area contributed by atoms with E-state index >= 15 is 0 Å². The number of H-pyrrole nitrogens is 1. The highest BCUT2D eigenvalue weighted by atomic mass is 16.2. The average molecular weight is 321 g/mol. The molecule has 0 unspecified atom stereocenters. The first kappa shape index (κ1) is 15.5. The maximum Gasteiger partial charge on any atom is 0.268 e. The fourth-order valence-corrected chi connectivity index (χ4v) is 2.45. The number of pyridine rings is 1. The Bertz CT molecular complexity index is 992. The number of hydrogen-bond donors (Lipinski definition) is 3. The number of fused-ring (bicyclic) bond motifs is 1. The Labute approximate surface area is 137 Å². The summed E-state index contributed by atoms with van der Waals surface area (Å²) < 4.78 is 0. The molecule has 0 atom stereocenters. The number of amides is 2. The average Bonchev–Trinajstić information content (AvgIpc) is 2.60. The van der Waals surface area contributed by atoms with Crippen LogP contribution in [-0.4, -0.2) is 16.8 Å². The summed E-state index contributed by atoms with van der Waals surface area (Å²) >= 11 is 0. The van der Waals surface area contributed by atoms with Crippen molar-refractivity contribution in [3.8, 4) is 0 Å². The maximum atomic E-state index is 12.3. The SMILES string of the molecule is NC(=O)c1cccc(CNC(=O)c2cc3ccccc3c(=O)[nH]2)c1.